The van der Waals surface area contributed by atoms with Crippen LogP contribution in [-0.4, -0.2) is 26.9 Å². The lowest BCUT2D eigenvalue weighted by atomic mass is 10.0. The second-order valence-electron chi connectivity index (χ2n) is 5.41. The smallest absolute Gasteiger partial charge is 0.224 e. The molecule has 0 bridgehead atoms. The van der Waals surface area contributed by atoms with Gasteiger partial charge in [0.05, 0.1) is 31.4 Å². The summed E-state index contributed by atoms with van der Waals surface area (Å²) in [5, 5.41) is 10.9. The highest BCUT2D eigenvalue weighted by Gasteiger charge is 2.18. The van der Waals surface area contributed by atoms with Gasteiger partial charge in [-0.1, -0.05) is 19.9 Å². The van der Waals surface area contributed by atoms with Crippen LogP contribution < -0.4 is 5.32 Å². The third-order valence-electron chi connectivity index (χ3n) is 3.34. The summed E-state index contributed by atoms with van der Waals surface area (Å²) in [6, 6.07) is 3.02. The van der Waals surface area contributed by atoms with Crippen LogP contribution in [0, 0.1) is 17.6 Å². The molecule has 1 unspecified atom stereocenters. The predicted octanol–water partition coefficient (Wildman–Crippen LogP) is 1.94. The zero-order valence-electron chi connectivity index (χ0n) is 12.5. The zero-order valence-corrected chi connectivity index (χ0v) is 12.5. The summed E-state index contributed by atoms with van der Waals surface area (Å²) in [6.45, 7) is 4.36. The van der Waals surface area contributed by atoms with Crippen LogP contribution in [0.4, 0.5) is 8.78 Å². The summed E-state index contributed by atoms with van der Waals surface area (Å²) in [5.74, 6) is -1.54. The van der Waals surface area contributed by atoms with E-state index in [0.29, 0.717) is 6.54 Å². The molecule has 1 N–H and O–H groups in total. The van der Waals surface area contributed by atoms with Crippen LogP contribution in [-0.2, 0) is 17.8 Å². The van der Waals surface area contributed by atoms with Gasteiger partial charge in [-0.15, -0.1) is 0 Å². The summed E-state index contributed by atoms with van der Waals surface area (Å²) in [5.41, 5.74) is 0.165. The van der Waals surface area contributed by atoms with Crippen molar-refractivity contribution in [1.29, 1.82) is 0 Å². The minimum Gasteiger partial charge on any atom is -0.351 e. The van der Waals surface area contributed by atoms with Crippen LogP contribution in [0.15, 0.2) is 30.6 Å². The molecule has 0 spiro atoms. The lowest BCUT2D eigenvalue weighted by Gasteiger charge is -2.22. The number of rotatable bonds is 6. The molecule has 118 valence electrons. The van der Waals surface area contributed by atoms with Crippen molar-refractivity contribution in [2.45, 2.75) is 32.9 Å². The summed E-state index contributed by atoms with van der Waals surface area (Å²) in [6.07, 6.45) is 2.99. The van der Waals surface area contributed by atoms with E-state index in [9.17, 15) is 13.6 Å². The van der Waals surface area contributed by atoms with Gasteiger partial charge in [0.15, 0.2) is 0 Å². The quantitative estimate of drug-likeness (QED) is 0.887. The van der Waals surface area contributed by atoms with Crippen LogP contribution >= 0.6 is 0 Å². The fraction of sp³-hybridized carbons (Fsp3) is 0.400. The first-order valence-corrected chi connectivity index (χ1v) is 7.03. The second kappa shape index (κ2) is 7.11. The Kier molecular flexibility index (Phi) is 5.19. The topological polar surface area (TPSA) is 59.8 Å². The largest absolute Gasteiger partial charge is 0.351 e. The van der Waals surface area contributed by atoms with Gasteiger partial charge in [0.2, 0.25) is 5.91 Å². The number of benzene rings is 1. The average Bonchev–Trinajstić information content (AvgIpc) is 2.94. The Morgan fingerprint density at radius 1 is 1.27 bits per heavy atom. The van der Waals surface area contributed by atoms with E-state index in [-0.39, 0.29) is 29.9 Å². The van der Waals surface area contributed by atoms with Gasteiger partial charge in [-0.2, -0.15) is 15.0 Å². The molecular formula is C15H18F2N4O. The standard InChI is InChI=1S/C15H18F2N4O/c1-10(2)14(9-21-18-5-6-19-21)20-15(22)7-11-3-4-12(16)8-13(11)17/h3-6,8,10,14H,7,9H2,1-2H3,(H,20,22). The lowest BCUT2D eigenvalue weighted by molar-refractivity contribution is -0.121. The molecule has 0 radical (unpaired) electrons. The number of hydrogen-bond donors (Lipinski definition) is 1. The van der Waals surface area contributed by atoms with Gasteiger partial charge in [0, 0.05) is 6.07 Å². The Balaban J connectivity index is 1.99. The Bertz CT molecular complexity index is 628. The van der Waals surface area contributed by atoms with Crippen molar-refractivity contribution in [3.8, 4) is 0 Å². The zero-order chi connectivity index (χ0) is 16.1. The Hall–Kier alpha value is -2.31. The number of carbonyl (C=O) groups is 1. The number of aromatic nitrogens is 3. The summed E-state index contributed by atoms with van der Waals surface area (Å²) < 4.78 is 26.4. The Morgan fingerprint density at radius 3 is 2.55 bits per heavy atom. The van der Waals surface area contributed by atoms with Crippen LogP contribution in [0.5, 0.6) is 0 Å². The van der Waals surface area contributed by atoms with E-state index in [4.69, 9.17) is 0 Å². The molecule has 1 aromatic heterocycles. The molecule has 0 aliphatic heterocycles. The molecule has 0 saturated carbocycles. The third-order valence-corrected chi connectivity index (χ3v) is 3.34. The van der Waals surface area contributed by atoms with Crippen LogP contribution in [0.25, 0.3) is 0 Å². The van der Waals surface area contributed by atoms with E-state index < -0.39 is 11.6 Å². The van der Waals surface area contributed by atoms with E-state index in [0.717, 1.165) is 12.1 Å². The normalized spacial score (nSPS) is 12.4. The molecule has 22 heavy (non-hydrogen) atoms. The first-order valence-electron chi connectivity index (χ1n) is 7.03. The molecule has 7 heteroatoms. The SMILES string of the molecule is CC(C)C(Cn1nccn1)NC(=O)Cc1ccc(F)cc1F. The molecule has 5 nitrogen and oxygen atoms in total. The maximum Gasteiger partial charge on any atom is 0.224 e. The van der Waals surface area contributed by atoms with Crippen molar-refractivity contribution < 1.29 is 13.6 Å². The second-order valence-corrected chi connectivity index (χ2v) is 5.41. The van der Waals surface area contributed by atoms with Gasteiger partial charge in [-0.25, -0.2) is 8.78 Å². The Morgan fingerprint density at radius 2 is 1.95 bits per heavy atom. The van der Waals surface area contributed by atoms with Gasteiger partial charge in [-0.3, -0.25) is 4.79 Å². The molecule has 0 saturated heterocycles. The maximum atomic E-state index is 13.6. The van der Waals surface area contributed by atoms with Gasteiger partial charge in [-0.05, 0) is 17.5 Å². The van der Waals surface area contributed by atoms with Crippen LogP contribution in [0.1, 0.15) is 19.4 Å². The number of amides is 1. The van der Waals surface area contributed by atoms with Crippen molar-refractivity contribution >= 4 is 5.91 Å². The van der Waals surface area contributed by atoms with E-state index in [1.54, 1.807) is 12.4 Å². The number of halogens is 2. The molecule has 0 aliphatic carbocycles. The molecule has 0 fully saturated rings. The summed E-state index contributed by atoms with van der Waals surface area (Å²) >= 11 is 0. The third kappa shape index (κ3) is 4.34. The lowest BCUT2D eigenvalue weighted by Crippen LogP contribution is -2.42. The molecule has 1 aromatic carbocycles. The highest BCUT2D eigenvalue weighted by atomic mass is 19.1. The monoisotopic (exact) mass is 308 g/mol. The summed E-state index contributed by atoms with van der Waals surface area (Å²) in [7, 11) is 0. The van der Waals surface area contributed by atoms with Crippen molar-refractivity contribution in [3.63, 3.8) is 0 Å². The first kappa shape index (κ1) is 16.1. The molecule has 1 heterocycles. The first-order chi connectivity index (χ1) is 10.5. The fourth-order valence-corrected chi connectivity index (χ4v) is 2.03. The highest BCUT2D eigenvalue weighted by Crippen LogP contribution is 2.11. The number of hydrogen-bond acceptors (Lipinski definition) is 3. The average molecular weight is 308 g/mol. The van der Waals surface area contributed by atoms with E-state index in [1.165, 1.54) is 10.9 Å². The van der Waals surface area contributed by atoms with Gasteiger partial charge in [0.1, 0.15) is 11.6 Å². The molecular weight excluding hydrogens is 290 g/mol. The minimum atomic E-state index is -0.718. The number of nitrogens with zero attached hydrogens (tertiary/aromatic N) is 3. The fourth-order valence-electron chi connectivity index (χ4n) is 2.03. The van der Waals surface area contributed by atoms with Crippen molar-refractivity contribution in [2.24, 2.45) is 5.92 Å². The maximum absolute atomic E-state index is 13.6. The molecule has 0 aliphatic rings. The van der Waals surface area contributed by atoms with Crippen molar-refractivity contribution in [3.05, 3.63) is 47.8 Å². The van der Waals surface area contributed by atoms with Crippen molar-refractivity contribution in [2.75, 3.05) is 0 Å². The van der Waals surface area contributed by atoms with Gasteiger partial charge >= 0.3 is 0 Å². The van der Waals surface area contributed by atoms with Crippen molar-refractivity contribution in [1.82, 2.24) is 20.3 Å². The molecule has 2 rings (SSSR count). The van der Waals surface area contributed by atoms with Crippen LogP contribution in [0.3, 0.4) is 0 Å². The highest BCUT2D eigenvalue weighted by molar-refractivity contribution is 5.78. The van der Waals surface area contributed by atoms with Gasteiger partial charge in [0.25, 0.3) is 0 Å². The van der Waals surface area contributed by atoms with Gasteiger partial charge < -0.3 is 5.32 Å². The minimum absolute atomic E-state index is 0.137. The van der Waals surface area contributed by atoms with Crippen LogP contribution in [0.2, 0.25) is 0 Å². The summed E-state index contributed by atoms with van der Waals surface area (Å²) in [4.78, 5) is 13.6. The predicted molar refractivity (Wildman–Crippen MR) is 76.9 cm³/mol. The van der Waals surface area contributed by atoms with E-state index in [2.05, 4.69) is 15.5 Å². The number of nitrogens with one attached hydrogen (secondary N) is 1. The molecule has 2 aromatic rings. The van der Waals surface area contributed by atoms with E-state index >= 15 is 0 Å². The Labute approximate surface area is 127 Å². The van der Waals surface area contributed by atoms with E-state index in [1.807, 2.05) is 13.8 Å². The molecule has 1 amide bonds. The molecule has 1 atom stereocenters. The number of carbonyl (C=O) groups excluding carboxylic acids is 1.